The van der Waals surface area contributed by atoms with Gasteiger partial charge in [0.2, 0.25) is 0 Å². The molecular weight excluding hydrogens is 230 g/mol. The highest BCUT2D eigenvalue weighted by Crippen LogP contribution is 2.70. The van der Waals surface area contributed by atoms with Crippen molar-refractivity contribution < 1.29 is 0 Å². The molecule has 0 aliphatic heterocycles. The molecule has 2 unspecified atom stereocenters. The van der Waals surface area contributed by atoms with Gasteiger partial charge in [-0.3, -0.25) is 0 Å². The molecule has 0 spiro atoms. The van der Waals surface area contributed by atoms with Crippen molar-refractivity contribution in [3.05, 3.63) is 0 Å². The van der Waals surface area contributed by atoms with E-state index in [1.165, 1.54) is 51.4 Å². The van der Waals surface area contributed by atoms with E-state index >= 15 is 0 Å². The van der Waals surface area contributed by atoms with Crippen LogP contribution in [0.2, 0.25) is 0 Å². The van der Waals surface area contributed by atoms with Crippen molar-refractivity contribution in [2.75, 3.05) is 0 Å². The van der Waals surface area contributed by atoms with Gasteiger partial charge in [-0.05, 0) is 93.8 Å². The van der Waals surface area contributed by atoms with E-state index in [-0.39, 0.29) is 5.54 Å². The molecule has 0 aromatic heterocycles. The van der Waals surface area contributed by atoms with Crippen LogP contribution in [0, 0.1) is 28.6 Å². The van der Waals surface area contributed by atoms with Gasteiger partial charge in [0.25, 0.3) is 0 Å². The van der Waals surface area contributed by atoms with Gasteiger partial charge in [0, 0.05) is 5.54 Å². The van der Waals surface area contributed by atoms with E-state index < -0.39 is 0 Å². The van der Waals surface area contributed by atoms with Crippen LogP contribution < -0.4 is 5.73 Å². The van der Waals surface area contributed by atoms with Crippen molar-refractivity contribution in [2.45, 2.75) is 83.6 Å². The van der Waals surface area contributed by atoms with E-state index in [9.17, 15) is 0 Å². The van der Waals surface area contributed by atoms with Crippen LogP contribution in [0.4, 0.5) is 0 Å². The minimum absolute atomic E-state index is 0.0363. The summed E-state index contributed by atoms with van der Waals surface area (Å²) in [6.07, 6.45) is 15.1. The van der Waals surface area contributed by atoms with Crippen molar-refractivity contribution in [1.82, 2.24) is 0 Å². The normalized spacial score (nSPS) is 50.1. The van der Waals surface area contributed by atoms with E-state index in [1.807, 2.05) is 0 Å². The molecule has 4 bridgehead atoms. The first kappa shape index (κ1) is 12.7. The third-order valence-corrected chi connectivity index (χ3v) is 7.69. The smallest absolute Gasteiger partial charge is 0.0154 e. The van der Waals surface area contributed by atoms with Crippen LogP contribution >= 0.6 is 0 Å². The molecule has 1 heteroatoms. The second-order valence-corrected chi connectivity index (χ2v) is 9.31. The Hall–Kier alpha value is -0.0400. The van der Waals surface area contributed by atoms with E-state index in [1.54, 1.807) is 12.8 Å². The highest BCUT2D eigenvalue weighted by molar-refractivity contribution is 5.14. The Labute approximate surface area is 118 Å². The first-order valence-corrected chi connectivity index (χ1v) is 8.71. The lowest BCUT2D eigenvalue weighted by Gasteiger charge is -2.67. The molecule has 2 N–H and O–H groups in total. The van der Waals surface area contributed by atoms with Crippen molar-refractivity contribution in [3.8, 4) is 0 Å². The summed E-state index contributed by atoms with van der Waals surface area (Å²) >= 11 is 0. The predicted molar refractivity (Wildman–Crippen MR) is 79.8 cm³/mol. The van der Waals surface area contributed by atoms with E-state index in [0.717, 1.165) is 23.2 Å². The van der Waals surface area contributed by atoms with Crippen LogP contribution in [0.1, 0.15) is 78.1 Å². The van der Waals surface area contributed by atoms with Crippen molar-refractivity contribution >= 4 is 0 Å². The molecule has 5 aliphatic rings. The second-order valence-electron chi connectivity index (χ2n) is 9.31. The van der Waals surface area contributed by atoms with E-state index in [0.29, 0.717) is 5.41 Å². The number of hydrogen-bond donors (Lipinski definition) is 1. The Kier molecular flexibility index (Phi) is 2.52. The van der Waals surface area contributed by atoms with Gasteiger partial charge in [0.15, 0.2) is 0 Å². The minimum atomic E-state index is 0.0363. The Bertz CT molecular complexity index is 358. The second kappa shape index (κ2) is 3.78. The summed E-state index contributed by atoms with van der Waals surface area (Å²) in [6, 6.07) is 0. The Morgan fingerprint density at radius 2 is 1.53 bits per heavy atom. The fraction of sp³-hybridized carbons (Fsp3) is 1.00. The summed E-state index contributed by atoms with van der Waals surface area (Å²) in [6.45, 7) is 4.64. The molecular formula is C18H31N. The largest absolute Gasteiger partial charge is 0.325 e. The number of hydrogen-bond acceptors (Lipinski definition) is 1. The van der Waals surface area contributed by atoms with E-state index in [2.05, 4.69) is 13.8 Å². The average Bonchev–Trinajstić information content (AvgIpc) is 2.79. The highest BCUT2D eigenvalue weighted by atomic mass is 14.8. The topological polar surface area (TPSA) is 26.0 Å². The van der Waals surface area contributed by atoms with Gasteiger partial charge in [-0.2, -0.15) is 0 Å². The number of rotatable bonds is 2. The SMILES string of the molecule is CC(C)(N)C12CC3CC(CC(C4CCCC4)(C3)C1)C2. The lowest BCUT2D eigenvalue weighted by Crippen LogP contribution is -2.63. The highest BCUT2D eigenvalue weighted by Gasteiger charge is 2.62. The molecule has 19 heavy (non-hydrogen) atoms. The van der Waals surface area contributed by atoms with Crippen molar-refractivity contribution in [3.63, 3.8) is 0 Å². The Morgan fingerprint density at radius 3 is 2.05 bits per heavy atom. The van der Waals surface area contributed by atoms with Crippen LogP contribution in [0.15, 0.2) is 0 Å². The zero-order valence-electron chi connectivity index (χ0n) is 12.9. The molecule has 5 rings (SSSR count). The fourth-order valence-corrected chi connectivity index (χ4v) is 7.10. The first-order valence-electron chi connectivity index (χ1n) is 8.71. The Morgan fingerprint density at radius 1 is 0.947 bits per heavy atom. The monoisotopic (exact) mass is 261 g/mol. The third-order valence-electron chi connectivity index (χ3n) is 7.69. The standard InChI is InChI=1S/C18H31N/c1-16(2,19)18-10-13-7-14(11-18)9-17(8-13,12-18)15-5-3-4-6-15/h13-15H,3-12,19H2,1-2H3. The van der Waals surface area contributed by atoms with Gasteiger partial charge >= 0.3 is 0 Å². The van der Waals surface area contributed by atoms with Crippen molar-refractivity contribution in [1.29, 1.82) is 0 Å². The molecule has 108 valence electrons. The summed E-state index contributed by atoms with van der Waals surface area (Å²) in [5.41, 5.74) is 7.93. The molecule has 0 amide bonds. The van der Waals surface area contributed by atoms with Gasteiger partial charge in [-0.25, -0.2) is 0 Å². The average molecular weight is 261 g/mol. The Balaban J connectivity index is 1.71. The quantitative estimate of drug-likeness (QED) is 0.778. The summed E-state index contributed by atoms with van der Waals surface area (Å²) in [5.74, 6) is 3.09. The zero-order valence-corrected chi connectivity index (χ0v) is 12.9. The van der Waals surface area contributed by atoms with Gasteiger partial charge < -0.3 is 5.73 Å². The molecule has 1 nitrogen and oxygen atoms in total. The maximum Gasteiger partial charge on any atom is 0.0154 e. The minimum Gasteiger partial charge on any atom is -0.325 e. The van der Waals surface area contributed by atoms with Crippen LogP contribution in [0.5, 0.6) is 0 Å². The zero-order chi connectivity index (χ0) is 13.3. The molecule has 2 atom stereocenters. The van der Waals surface area contributed by atoms with Crippen molar-refractivity contribution in [2.24, 2.45) is 34.3 Å². The third kappa shape index (κ3) is 1.69. The van der Waals surface area contributed by atoms with E-state index in [4.69, 9.17) is 5.73 Å². The molecule has 0 radical (unpaired) electrons. The summed E-state index contributed by atoms with van der Waals surface area (Å²) in [4.78, 5) is 0. The van der Waals surface area contributed by atoms with Crippen LogP contribution in [0.25, 0.3) is 0 Å². The lowest BCUT2D eigenvalue weighted by molar-refractivity contribution is -0.158. The molecule has 5 saturated carbocycles. The van der Waals surface area contributed by atoms with Crippen LogP contribution in [-0.4, -0.2) is 5.54 Å². The lowest BCUT2D eigenvalue weighted by atomic mass is 9.38. The maximum absolute atomic E-state index is 6.69. The van der Waals surface area contributed by atoms with Crippen LogP contribution in [-0.2, 0) is 0 Å². The summed E-state index contributed by atoms with van der Waals surface area (Å²) in [5, 5.41) is 0. The fourth-order valence-electron chi connectivity index (χ4n) is 7.10. The molecule has 0 saturated heterocycles. The number of nitrogens with two attached hydrogens (primary N) is 1. The summed E-state index contributed by atoms with van der Waals surface area (Å²) < 4.78 is 0. The molecule has 0 aromatic rings. The molecule has 0 aromatic carbocycles. The predicted octanol–water partition coefficient (Wildman–Crippen LogP) is 4.50. The van der Waals surface area contributed by atoms with Gasteiger partial charge in [0.1, 0.15) is 0 Å². The van der Waals surface area contributed by atoms with Gasteiger partial charge in [-0.1, -0.05) is 12.8 Å². The molecule has 0 heterocycles. The maximum atomic E-state index is 6.69. The first-order chi connectivity index (χ1) is 8.93. The van der Waals surface area contributed by atoms with Crippen LogP contribution in [0.3, 0.4) is 0 Å². The van der Waals surface area contributed by atoms with Gasteiger partial charge in [0.05, 0.1) is 0 Å². The summed E-state index contributed by atoms with van der Waals surface area (Å²) in [7, 11) is 0. The molecule has 5 aliphatic carbocycles. The molecule has 5 fully saturated rings. The van der Waals surface area contributed by atoms with Gasteiger partial charge in [-0.15, -0.1) is 0 Å².